The highest BCUT2D eigenvalue weighted by Gasteiger charge is 2.11. The van der Waals surface area contributed by atoms with Crippen LogP contribution in [0.1, 0.15) is 33.5 Å². The number of aryl methyl sites for hydroxylation is 2. The van der Waals surface area contributed by atoms with Crippen LogP contribution in [0.5, 0.6) is 0 Å². The fourth-order valence-electron chi connectivity index (χ4n) is 2.46. The SMILES string of the molecule is O=C(O)c1ccc(SCc2ccc3c(c2)CCC3)nc1. The second kappa shape index (κ2) is 5.67. The number of aromatic nitrogens is 1. The molecule has 1 aromatic heterocycles. The molecule has 20 heavy (non-hydrogen) atoms. The van der Waals surface area contributed by atoms with E-state index >= 15 is 0 Å². The normalized spacial score (nSPS) is 13.2. The molecule has 2 aromatic rings. The largest absolute Gasteiger partial charge is 0.478 e. The van der Waals surface area contributed by atoms with Crippen molar-refractivity contribution in [1.29, 1.82) is 0 Å². The average Bonchev–Trinajstić information content (AvgIpc) is 2.93. The minimum absolute atomic E-state index is 0.229. The molecular weight excluding hydrogens is 270 g/mol. The molecule has 0 fully saturated rings. The zero-order valence-corrected chi connectivity index (χ0v) is 11.8. The van der Waals surface area contributed by atoms with Crippen molar-refractivity contribution in [3.05, 3.63) is 58.8 Å². The van der Waals surface area contributed by atoms with Crippen LogP contribution in [-0.4, -0.2) is 16.1 Å². The van der Waals surface area contributed by atoms with Gasteiger partial charge >= 0.3 is 5.97 Å². The van der Waals surface area contributed by atoms with Gasteiger partial charge in [0.2, 0.25) is 0 Å². The second-order valence-corrected chi connectivity index (χ2v) is 5.93. The summed E-state index contributed by atoms with van der Waals surface area (Å²) in [5.74, 6) is -0.0696. The molecule has 4 heteroatoms. The molecule has 0 aliphatic heterocycles. The fraction of sp³-hybridized carbons (Fsp3) is 0.250. The Morgan fingerprint density at radius 1 is 1.20 bits per heavy atom. The quantitative estimate of drug-likeness (QED) is 0.873. The lowest BCUT2D eigenvalue weighted by atomic mass is 10.1. The van der Waals surface area contributed by atoms with Crippen LogP contribution < -0.4 is 0 Å². The molecule has 1 N–H and O–H groups in total. The molecule has 1 heterocycles. The first-order chi connectivity index (χ1) is 9.72. The topological polar surface area (TPSA) is 50.2 Å². The van der Waals surface area contributed by atoms with E-state index < -0.39 is 5.97 Å². The number of carbonyl (C=O) groups is 1. The van der Waals surface area contributed by atoms with Gasteiger partial charge in [0, 0.05) is 11.9 Å². The molecule has 0 saturated heterocycles. The van der Waals surface area contributed by atoms with Gasteiger partial charge in [0.15, 0.2) is 0 Å². The van der Waals surface area contributed by atoms with Gasteiger partial charge in [-0.2, -0.15) is 0 Å². The van der Waals surface area contributed by atoms with Crippen LogP contribution in [0.2, 0.25) is 0 Å². The Labute approximate surface area is 122 Å². The lowest BCUT2D eigenvalue weighted by molar-refractivity contribution is 0.0696. The third-order valence-corrected chi connectivity index (χ3v) is 4.55. The molecule has 3 nitrogen and oxygen atoms in total. The van der Waals surface area contributed by atoms with E-state index in [1.165, 1.54) is 42.1 Å². The summed E-state index contributed by atoms with van der Waals surface area (Å²) in [6.07, 6.45) is 5.08. The Bertz CT molecular complexity index is 637. The van der Waals surface area contributed by atoms with Gasteiger partial charge in [0.25, 0.3) is 0 Å². The predicted molar refractivity (Wildman–Crippen MR) is 79.2 cm³/mol. The van der Waals surface area contributed by atoms with Crippen molar-refractivity contribution in [3.63, 3.8) is 0 Å². The predicted octanol–water partition coefficient (Wildman–Crippen LogP) is 3.56. The maximum atomic E-state index is 10.8. The smallest absolute Gasteiger partial charge is 0.337 e. The second-order valence-electron chi connectivity index (χ2n) is 4.94. The van der Waals surface area contributed by atoms with Crippen molar-refractivity contribution < 1.29 is 9.90 Å². The molecule has 0 saturated carbocycles. The lowest BCUT2D eigenvalue weighted by Gasteiger charge is -2.05. The summed E-state index contributed by atoms with van der Waals surface area (Å²) in [7, 11) is 0. The minimum Gasteiger partial charge on any atom is -0.478 e. The molecule has 0 atom stereocenters. The summed E-state index contributed by atoms with van der Waals surface area (Å²) in [6, 6.07) is 10.1. The highest BCUT2D eigenvalue weighted by atomic mass is 32.2. The molecular formula is C16H15NO2S. The van der Waals surface area contributed by atoms with Gasteiger partial charge in [0.1, 0.15) is 0 Å². The number of aromatic carboxylic acids is 1. The number of hydrogen-bond acceptors (Lipinski definition) is 3. The average molecular weight is 285 g/mol. The fourth-order valence-corrected chi connectivity index (χ4v) is 3.25. The van der Waals surface area contributed by atoms with E-state index in [2.05, 4.69) is 23.2 Å². The number of hydrogen-bond donors (Lipinski definition) is 1. The zero-order chi connectivity index (χ0) is 13.9. The van der Waals surface area contributed by atoms with Crippen LogP contribution in [0.3, 0.4) is 0 Å². The number of fused-ring (bicyclic) bond motifs is 1. The van der Waals surface area contributed by atoms with Crippen molar-refractivity contribution in [1.82, 2.24) is 4.98 Å². The van der Waals surface area contributed by atoms with E-state index in [1.807, 2.05) is 0 Å². The van der Waals surface area contributed by atoms with Crippen LogP contribution >= 0.6 is 11.8 Å². The standard InChI is InChI=1S/C16H15NO2S/c18-16(19)14-6-7-15(17-9-14)20-10-11-4-5-12-2-1-3-13(12)8-11/h4-9H,1-3,10H2,(H,18,19). The van der Waals surface area contributed by atoms with Crippen LogP contribution in [0.15, 0.2) is 41.6 Å². The van der Waals surface area contributed by atoms with E-state index in [4.69, 9.17) is 5.11 Å². The molecule has 3 rings (SSSR count). The molecule has 0 amide bonds. The maximum absolute atomic E-state index is 10.8. The molecule has 0 unspecified atom stereocenters. The van der Waals surface area contributed by atoms with Crippen LogP contribution in [0, 0.1) is 0 Å². The Hall–Kier alpha value is -1.81. The van der Waals surface area contributed by atoms with Crippen molar-refractivity contribution in [3.8, 4) is 0 Å². The minimum atomic E-state index is -0.937. The summed E-state index contributed by atoms with van der Waals surface area (Å²) in [4.78, 5) is 14.9. The zero-order valence-electron chi connectivity index (χ0n) is 11.0. The summed E-state index contributed by atoms with van der Waals surface area (Å²) in [6.45, 7) is 0. The summed E-state index contributed by atoms with van der Waals surface area (Å²) in [5.41, 5.74) is 4.51. The summed E-state index contributed by atoms with van der Waals surface area (Å²) in [5, 5.41) is 9.68. The monoisotopic (exact) mass is 285 g/mol. The number of rotatable bonds is 4. The lowest BCUT2D eigenvalue weighted by Crippen LogP contribution is -1.96. The first-order valence-corrected chi connectivity index (χ1v) is 7.64. The number of benzene rings is 1. The highest BCUT2D eigenvalue weighted by molar-refractivity contribution is 7.98. The third kappa shape index (κ3) is 2.85. The maximum Gasteiger partial charge on any atom is 0.337 e. The molecule has 0 radical (unpaired) electrons. The van der Waals surface area contributed by atoms with Gasteiger partial charge in [-0.3, -0.25) is 0 Å². The first kappa shape index (κ1) is 13.2. The van der Waals surface area contributed by atoms with Gasteiger partial charge in [0.05, 0.1) is 10.6 Å². The molecule has 0 bridgehead atoms. The Kier molecular flexibility index (Phi) is 3.74. The van der Waals surface area contributed by atoms with Gasteiger partial charge in [-0.25, -0.2) is 9.78 Å². The van der Waals surface area contributed by atoms with Crippen molar-refractivity contribution in [2.75, 3.05) is 0 Å². The number of thioether (sulfide) groups is 1. The van der Waals surface area contributed by atoms with Gasteiger partial charge < -0.3 is 5.11 Å². The van der Waals surface area contributed by atoms with Crippen LogP contribution in [-0.2, 0) is 18.6 Å². The summed E-state index contributed by atoms with van der Waals surface area (Å²) >= 11 is 1.64. The summed E-state index contributed by atoms with van der Waals surface area (Å²) < 4.78 is 0. The number of pyridine rings is 1. The van der Waals surface area contributed by atoms with Crippen LogP contribution in [0.25, 0.3) is 0 Å². The molecule has 1 aliphatic carbocycles. The van der Waals surface area contributed by atoms with E-state index in [9.17, 15) is 4.79 Å². The Morgan fingerprint density at radius 3 is 2.80 bits per heavy atom. The molecule has 1 aromatic carbocycles. The third-order valence-electron chi connectivity index (χ3n) is 3.53. The van der Waals surface area contributed by atoms with Gasteiger partial charge in [-0.05, 0) is 48.1 Å². The van der Waals surface area contributed by atoms with Crippen LogP contribution in [0.4, 0.5) is 0 Å². The Morgan fingerprint density at radius 2 is 2.05 bits per heavy atom. The molecule has 1 aliphatic rings. The van der Waals surface area contributed by atoms with Crippen molar-refractivity contribution in [2.24, 2.45) is 0 Å². The number of nitrogens with zero attached hydrogens (tertiary/aromatic N) is 1. The highest BCUT2D eigenvalue weighted by Crippen LogP contribution is 2.26. The Balaban J connectivity index is 1.65. The first-order valence-electron chi connectivity index (χ1n) is 6.65. The van der Waals surface area contributed by atoms with E-state index in [1.54, 1.807) is 23.9 Å². The van der Waals surface area contributed by atoms with Crippen molar-refractivity contribution >= 4 is 17.7 Å². The van der Waals surface area contributed by atoms with E-state index in [0.29, 0.717) is 0 Å². The van der Waals surface area contributed by atoms with Gasteiger partial charge in [-0.15, -0.1) is 11.8 Å². The van der Waals surface area contributed by atoms with Gasteiger partial charge in [-0.1, -0.05) is 18.2 Å². The number of carboxylic acid groups (broad SMARTS) is 1. The molecule has 102 valence electrons. The molecule has 0 spiro atoms. The number of carboxylic acids is 1. The van der Waals surface area contributed by atoms with Crippen molar-refractivity contribution in [2.45, 2.75) is 30.0 Å². The van der Waals surface area contributed by atoms with E-state index in [-0.39, 0.29) is 5.56 Å². The van der Waals surface area contributed by atoms with E-state index in [0.717, 1.165) is 10.8 Å².